The minimum atomic E-state index is -4.24. The second-order valence-electron chi connectivity index (χ2n) is 4.09. The molecular formula is C9H13N5O5P-. The lowest BCUT2D eigenvalue weighted by Crippen LogP contribution is -2.13. The number of aromatic nitrogens is 4. The molecule has 0 aromatic carbocycles. The predicted molar refractivity (Wildman–Crippen MR) is 67.8 cm³/mol. The summed E-state index contributed by atoms with van der Waals surface area (Å²) in [6.07, 6.45) is 1.19. The van der Waals surface area contributed by atoms with E-state index in [0.717, 1.165) is 0 Å². The molecule has 0 fully saturated rings. The zero-order valence-electron chi connectivity index (χ0n) is 10.4. The number of rotatable bonds is 6. The molecule has 0 aliphatic carbocycles. The third-order valence-corrected chi connectivity index (χ3v) is 3.33. The molecule has 1 atom stereocenters. The molecule has 10 nitrogen and oxygen atoms in total. The highest BCUT2D eigenvalue weighted by Gasteiger charge is 2.09. The summed E-state index contributed by atoms with van der Waals surface area (Å²) < 4.78 is 17.2. The standard InChI is InChI=1S/C9H14N5O5P/c10-9-12-7-6(8(15)13-9)11-4-14(7)5-19-2-1-3-20(16,17)18/h4H,1-3,5H2,(H2,16,17,18)(H3,10,12,13,15)/p-1. The molecule has 1 unspecified atom stereocenters. The Kier molecular flexibility index (Phi) is 4.19. The van der Waals surface area contributed by atoms with E-state index in [0.29, 0.717) is 0 Å². The molecule has 20 heavy (non-hydrogen) atoms. The normalized spacial score (nSPS) is 14.5. The number of nitrogens with two attached hydrogens (primary N) is 1. The number of nitrogens with zero attached hydrogens (tertiary/aromatic N) is 3. The van der Waals surface area contributed by atoms with Crippen molar-refractivity contribution in [2.75, 3.05) is 18.5 Å². The number of ether oxygens (including phenoxy) is 1. The van der Waals surface area contributed by atoms with Gasteiger partial charge in [0.05, 0.1) is 6.33 Å². The molecule has 0 saturated carbocycles. The van der Waals surface area contributed by atoms with Gasteiger partial charge in [-0.25, -0.2) is 4.98 Å². The van der Waals surface area contributed by atoms with Gasteiger partial charge in [-0.3, -0.25) is 14.3 Å². The minimum Gasteiger partial charge on any atom is -0.779 e. The molecule has 0 radical (unpaired) electrons. The Hall–Kier alpha value is -1.74. The lowest BCUT2D eigenvalue weighted by molar-refractivity contribution is -0.193. The Labute approximate surface area is 112 Å². The van der Waals surface area contributed by atoms with Crippen LogP contribution in [0.4, 0.5) is 5.95 Å². The van der Waals surface area contributed by atoms with E-state index in [1.165, 1.54) is 10.9 Å². The molecule has 0 aliphatic rings. The first-order valence-electron chi connectivity index (χ1n) is 5.68. The number of hydrogen-bond acceptors (Lipinski definition) is 7. The highest BCUT2D eigenvalue weighted by atomic mass is 31.2. The molecule has 2 aromatic heterocycles. The van der Waals surface area contributed by atoms with Crippen molar-refractivity contribution in [3.8, 4) is 0 Å². The van der Waals surface area contributed by atoms with Crippen LogP contribution in [0.3, 0.4) is 0 Å². The zero-order valence-corrected chi connectivity index (χ0v) is 11.2. The van der Waals surface area contributed by atoms with E-state index < -0.39 is 13.2 Å². The van der Waals surface area contributed by atoms with Gasteiger partial charge in [-0.05, 0) is 6.42 Å². The third kappa shape index (κ3) is 3.64. The second-order valence-corrected chi connectivity index (χ2v) is 5.81. The highest BCUT2D eigenvalue weighted by molar-refractivity contribution is 7.50. The number of anilines is 1. The molecule has 11 heteroatoms. The van der Waals surface area contributed by atoms with E-state index in [1.807, 2.05) is 0 Å². The number of H-pyrrole nitrogens is 1. The molecule has 2 aromatic rings. The van der Waals surface area contributed by atoms with E-state index >= 15 is 0 Å². The van der Waals surface area contributed by atoms with Crippen molar-refractivity contribution in [2.24, 2.45) is 0 Å². The monoisotopic (exact) mass is 302 g/mol. The lowest BCUT2D eigenvalue weighted by Gasteiger charge is -2.14. The SMILES string of the molecule is Nc1nc2c(ncn2COCCCP(=O)([O-])O)c(=O)[nH]1. The van der Waals surface area contributed by atoms with Crippen molar-refractivity contribution in [1.82, 2.24) is 19.5 Å². The molecule has 0 bridgehead atoms. The third-order valence-electron chi connectivity index (χ3n) is 2.45. The maximum atomic E-state index is 11.5. The van der Waals surface area contributed by atoms with Crippen molar-refractivity contribution >= 4 is 24.7 Å². The van der Waals surface area contributed by atoms with Gasteiger partial charge < -0.3 is 24.8 Å². The number of hydrogen-bond donors (Lipinski definition) is 3. The van der Waals surface area contributed by atoms with Gasteiger partial charge in [0.25, 0.3) is 5.56 Å². The Morgan fingerprint density at radius 3 is 3.05 bits per heavy atom. The second kappa shape index (κ2) is 5.71. The zero-order chi connectivity index (χ0) is 14.8. The van der Waals surface area contributed by atoms with Gasteiger partial charge in [0.15, 0.2) is 11.2 Å². The first-order chi connectivity index (χ1) is 9.37. The summed E-state index contributed by atoms with van der Waals surface area (Å²) in [4.78, 5) is 40.8. The van der Waals surface area contributed by atoms with E-state index in [-0.39, 0.29) is 43.0 Å². The Balaban J connectivity index is 1.97. The van der Waals surface area contributed by atoms with E-state index in [1.54, 1.807) is 0 Å². The van der Waals surface area contributed by atoms with Crippen LogP contribution in [-0.4, -0.2) is 37.2 Å². The Morgan fingerprint density at radius 1 is 1.60 bits per heavy atom. The lowest BCUT2D eigenvalue weighted by atomic mass is 10.5. The average molecular weight is 302 g/mol. The van der Waals surface area contributed by atoms with Gasteiger partial charge in [-0.2, -0.15) is 4.98 Å². The van der Waals surface area contributed by atoms with Gasteiger partial charge in [0, 0.05) is 12.8 Å². The fourth-order valence-corrected chi connectivity index (χ4v) is 2.12. The van der Waals surface area contributed by atoms with Crippen LogP contribution in [0.1, 0.15) is 6.42 Å². The molecule has 110 valence electrons. The molecule has 0 saturated heterocycles. The van der Waals surface area contributed by atoms with Crippen molar-refractivity contribution in [3.63, 3.8) is 0 Å². The summed E-state index contributed by atoms with van der Waals surface area (Å²) in [5, 5.41) is 0. The van der Waals surface area contributed by atoms with Crippen LogP contribution in [0.25, 0.3) is 11.2 Å². The summed E-state index contributed by atoms with van der Waals surface area (Å²) in [6, 6.07) is 0. The number of imidazole rings is 1. The molecular weight excluding hydrogens is 289 g/mol. The predicted octanol–water partition coefficient (Wildman–Crippen LogP) is -1.39. The summed E-state index contributed by atoms with van der Waals surface area (Å²) in [5.41, 5.74) is 5.41. The van der Waals surface area contributed by atoms with Gasteiger partial charge in [0.2, 0.25) is 5.95 Å². The first-order valence-corrected chi connectivity index (χ1v) is 7.44. The highest BCUT2D eigenvalue weighted by Crippen LogP contribution is 2.29. The molecule has 0 amide bonds. The molecule has 0 spiro atoms. The maximum Gasteiger partial charge on any atom is 0.280 e. The smallest absolute Gasteiger partial charge is 0.280 e. The van der Waals surface area contributed by atoms with E-state index in [2.05, 4.69) is 15.0 Å². The molecule has 0 aliphatic heterocycles. The van der Waals surface area contributed by atoms with Crippen LogP contribution < -0.4 is 16.2 Å². The molecule has 2 rings (SSSR count). The van der Waals surface area contributed by atoms with Crippen LogP contribution in [0, 0.1) is 0 Å². The van der Waals surface area contributed by atoms with Crippen LogP contribution in [0.5, 0.6) is 0 Å². The maximum absolute atomic E-state index is 11.5. The largest absolute Gasteiger partial charge is 0.779 e. The van der Waals surface area contributed by atoms with Gasteiger partial charge in [-0.1, -0.05) is 0 Å². The number of nitrogens with one attached hydrogen (secondary N) is 1. The first kappa shape index (κ1) is 14.7. The van der Waals surface area contributed by atoms with Gasteiger partial charge >= 0.3 is 0 Å². The quantitative estimate of drug-likeness (QED) is 0.434. The number of fused-ring (bicyclic) bond motifs is 1. The van der Waals surface area contributed by atoms with Crippen molar-refractivity contribution in [3.05, 3.63) is 16.7 Å². The molecule has 4 N–H and O–H groups in total. The Morgan fingerprint density at radius 2 is 2.35 bits per heavy atom. The number of aromatic amines is 1. The average Bonchev–Trinajstić information content (AvgIpc) is 2.70. The fourth-order valence-electron chi connectivity index (χ4n) is 1.59. The summed E-state index contributed by atoms with van der Waals surface area (Å²) >= 11 is 0. The molecule has 2 heterocycles. The minimum absolute atomic E-state index is 0.0307. The van der Waals surface area contributed by atoms with E-state index in [9.17, 15) is 14.3 Å². The summed E-state index contributed by atoms with van der Waals surface area (Å²) in [6.45, 7) is 0.173. The summed E-state index contributed by atoms with van der Waals surface area (Å²) in [5.74, 6) is -0.0307. The summed E-state index contributed by atoms with van der Waals surface area (Å²) in [7, 11) is -4.24. The Bertz CT molecular complexity index is 704. The van der Waals surface area contributed by atoms with Gasteiger partial charge in [0.1, 0.15) is 14.3 Å². The van der Waals surface area contributed by atoms with Gasteiger partial charge in [-0.15, -0.1) is 0 Å². The van der Waals surface area contributed by atoms with Crippen LogP contribution >= 0.6 is 7.60 Å². The number of nitrogen functional groups attached to an aromatic ring is 1. The van der Waals surface area contributed by atoms with Crippen LogP contribution in [0.15, 0.2) is 11.1 Å². The fraction of sp³-hybridized carbons (Fsp3) is 0.444. The van der Waals surface area contributed by atoms with Crippen LogP contribution in [0.2, 0.25) is 0 Å². The van der Waals surface area contributed by atoms with Crippen LogP contribution in [-0.2, 0) is 16.0 Å². The van der Waals surface area contributed by atoms with E-state index in [4.69, 9.17) is 15.4 Å². The van der Waals surface area contributed by atoms with Crippen molar-refractivity contribution in [2.45, 2.75) is 13.2 Å². The van der Waals surface area contributed by atoms with Crippen molar-refractivity contribution < 1.29 is 19.1 Å². The topological polar surface area (TPSA) is 159 Å². The van der Waals surface area contributed by atoms with Crippen molar-refractivity contribution in [1.29, 1.82) is 0 Å².